The lowest BCUT2D eigenvalue weighted by molar-refractivity contribution is -0.678. The first-order valence-electron chi connectivity index (χ1n) is 12.3. The topological polar surface area (TPSA) is 8.81 Å². The molecule has 0 radical (unpaired) electrons. The van der Waals surface area contributed by atoms with E-state index in [9.17, 15) is 0 Å². The molecule has 0 fully saturated rings. The standard InChI is InChI=1S/C25H49N2/c1-4-6-8-10-12-14-15-17-19-21-25-26(3)23-24-27(25)22-20-18-16-13-11-9-7-5-2/h23-24H,4-22H2,1-3H3/q+1. The summed E-state index contributed by atoms with van der Waals surface area (Å²) < 4.78 is 4.86. The quantitative estimate of drug-likeness (QED) is 0.174. The molecule has 1 heterocycles. The summed E-state index contributed by atoms with van der Waals surface area (Å²) in [6.07, 6.45) is 29.8. The van der Waals surface area contributed by atoms with E-state index in [-0.39, 0.29) is 0 Å². The van der Waals surface area contributed by atoms with Crippen molar-refractivity contribution in [1.82, 2.24) is 4.57 Å². The molecule has 1 rings (SSSR count). The molecule has 0 atom stereocenters. The third-order valence-electron chi connectivity index (χ3n) is 5.97. The molecule has 0 amide bonds. The highest BCUT2D eigenvalue weighted by atomic mass is 15.1. The van der Waals surface area contributed by atoms with Crippen LogP contribution in [0.4, 0.5) is 0 Å². The van der Waals surface area contributed by atoms with Crippen LogP contribution in [-0.4, -0.2) is 4.57 Å². The van der Waals surface area contributed by atoms with Crippen LogP contribution in [0.5, 0.6) is 0 Å². The van der Waals surface area contributed by atoms with Gasteiger partial charge in [0.1, 0.15) is 12.4 Å². The Labute approximate surface area is 170 Å². The predicted octanol–water partition coefficient (Wildman–Crippen LogP) is 7.53. The van der Waals surface area contributed by atoms with Crippen molar-refractivity contribution >= 4 is 0 Å². The Hall–Kier alpha value is -0.790. The maximum absolute atomic E-state index is 2.52. The summed E-state index contributed by atoms with van der Waals surface area (Å²) in [6, 6.07) is 0. The van der Waals surface area contributed by atoms with Crippen LogP contribution in [0.2, 0.25) is 0 Å². The van der Waals surface area contributed by atoms with Crippen molar-refractivity contribution in [2.24, 2.45) is 7.05 Å². The van der Waals surface area contributed by atoms with Gasteiger partial charge in [-0.2, -0.15) is 0 Å². The number of unbranched alkanes of at least 4 members (excludes halogenated alkanes) is 15. The summed E-state index contributed by atoms with van der Waals surface area (Å²) in [5.41, 5.74) is 0. The van der Waals surface area contributed by atoms with E-state index in [1.54, 1.807) is 0 Å². The van der Waals surface area contributed by atoms with E-state index < -0.39 is 0 Å². The summed E-state index contributed by atoms with van der Waals surface area (Å²) >= 11 is 0. The molecule has 0 aliphatic rings. The number of hydrogen-bond donors (Lipinski definition) is 0. The Kier molecular flexibility index (Phi) is 15.6. The van der Waals surface area contributed by atoms with Gasteiger partial charge in [0.2, 0.25) is 0 Å². The molecule has 27 heavy (non-hydrogen) atoms. The molecule has 0 saturated carbocycles. The van der Waals surface area contributed by atoms with E-state index in [1.165, 1.54) is 128 Å². The van der Waals surface area contributed by atoms with Crippen LogP contribution in [0.1, 0.15) is 129 Å². The monoisotopic (exact) mass is 377 g/mol. The van der Waals surface area contributed by atoms with Gasteiger partial charge in [0.05, 0.1) is 13.6 Å². The average molecular weight is 378 g/mol. The molecule has 1 aromatic heterocycles. The minimum atomic E-state index is 1.21. The van der Waals surface area contributed by atoms with Crippen molar-refractivity contribution in [2.45, 2.75) is 136 Å². The molecule has 158 valence electrons. The molecular formula is C25H49N2+. The summed E-state index contributed by atoms with van der Waals surface area (Å²) in [5, 5.41) is 0. The third-order valence-corrected chi connectivity index (χ3v) is 5.97. The van der Waals surface area contributed by atoms with Gasteiger partial charge in [-0.15, -0.1) is 0 Å². The second kappa shape index (κ2) is 17.3. The summed E-state index contributed by atoms with van der Waals surface area (Å²) in [6.45, 7) is 5.80. The number of rotatable bonds is 19. The Morgan fingerprint density at radius 2 is 1.07 bits per heavy atom. The van der Waals surface area contributed by atoms with Gasteiger partial charge in [-0.25, -0.2) is 9.13 Å². The molecule has 0 saturated heterocycles. The van der Waals surface area contributed by atoms with Gasteiger partial charge in [0, 0.05) is 6.42 Å². The zero-order chi connectivity index (χ0) is 19.6. The van der Waals surface area contributed by atoms with Gasteiger partial charge in [-0.05, 0) is 19.3 Å². The number of aryl methyl sites for hydroxylation is 2. The maximum Gasteiger partial charge on any atom is 0.256 e. The number of aromatic nitrogens is 2. The zero-order valence-corrected chi connectivity index (χ0v) is 19.0. The molecule has 1 aromatic rings. The fraction of sp³-hybridized carbons (Fsp3) is 0.880. The maximum atomic E-state index is 2.52. The predicted molar refractivity (Wildman–Crippen MR) is 119 cm³/mol. The first kappa shape index (κ1) is 24.2. The lowest BCUT2D eigenvalue weighted by Gasteiger charge is -2.05. The Morgan fingerprint density at radius 1 is 0.630 bits per heavy atom. The van der Waals surface area contributed by atoms with Gasteiger partial charge < -0.3 is 0 Å². The third kappa shape index (κ3) is 12.3. The smallest absolute Gasteiger partial charge is 0.237 e. The second-order valence-electron chi connectivity index (χ2n) is 8.57. The minimum Gasteiger partial charge on any atom is -0.237 e. The van der Waals surface area contributed by atoms with Crippen LogP contribution in [-0.2, 0) is 20.0 Å². The molecule has 0 aliphatic heterocycles. The largest absolute Gasteiger partial charge is 0.256 e. The van der Waals surface area contributed by atoms with Gasteiger partial charge in [-0.3, -0.25) is 0 Å². The summed E-state index contributed by atoms with van der Waals surface area (Å²) in [4.78, 5) is 0. The van der Waals surface area contributed by atoms with E-state index in [0.717, 1.165) is 0 Å². The Balaban J connectivity index is 2.08. The molecule has 0 bridgehead atoms. The zero-order valence-electron chi connectivity index (χ0n) is 19.0. The first-order chi connectivity index (χ1) is 13.3. The van der Waals surface area contributed by atoms with Crippen LogP contribution in [0.25, 0.3) is 0 Å². The van der Waals surface area contributed by atoms with E-state index >= 15 is 0 Å². The molecular weight excluding hydrogens is 328 g/mol. The lowest BCUT2D eigenvalue weighted by atomic mass is 10.1. The van der Waals surface area contributed by atoms with E-state index in [0.29, 0.717) is 0 Å². The second-order valence-corrected chi connectivity index (χ2v) is 8.57. The molecule has 0 N–H and O–H groups in total. The van der Waals surface area contributed by atoms with Crippen LogP contribution < -0.4 is 4.57 Å². The van der Waals surface area contributed by atoms with Crippen molar-refractivity contribution in [1.29, 1.82) is 0 Å². The van der Waals surface area contributed by atoms with E-state index in [4.69, 9.17) is 0 Å². The lowest BCUT2D eigenvalue weighted by Crippen LogP contribution is -2.32. The van der Waals surface area contributed by atoms with Gasteiger partial charge >= 0.3 is 0 Å². The van der Waals surface area contributed by atoms with Crippen LogP contribution in [0.3, 0.4) is 0 Å². The molecule has 0 aromatic carbocycles. The van der Waals surface area contributed by atoms with Gasteiger partial charge in [-0.1, -0.05) is 104 Å². The van der Waals surface area contributed by atoms with Crippen LogP contribution in [0.15, 0.2) is 12.4 Å². The summed E-state index contributed by atoms with van der Waals surface area (Å²) in [5.74, 6) is 1.53. The number of nitrogens with zero attached hydrogens (tertiary/aromatic N) is 2. The van der Waals surface area contributed by atoms with Crippen LogP contribution >= 0.6 is 0 Å². The Morgan fingerprint density at radius 3 is 1.59 bits per heavy atom. The SMILES string of the molecule is CCCCCCCCCCCc1n(CCCCCCCCCC)cc[n+]1C. The minimum absolute atomic E-state index is 1.21. The first-order valence-corrected chi connectivity index (χ1v) is 12.3. The van der Waals surface area contributed by atoms with Gasteiger partial charge in [0.15, 0.2) is 0 Å². The fourth-order valence-electron chi connectivity index (χ4n) is 4.09. The number of hydrogen-bond acceptors (Lipinski definition) is 0. The average Bonchev–Trinajstić information content (AvgIpc) is 3.02. The molecule has 0 spiro atoms. The summed E-state index contributed by atoms with van der Waals surface area (Å²) in [7, 11) is 2.22. The van der Waals surface area contributed by atoms with E-state index in [2.05, 4.69) is 42.4 Å². The van der Waals surface area contributed by atoms with Crippen molar-refractivity contribution in [3.8, 4) is 0 Å². The van der Waals surface area contributed by atoms with E-state index in [1.807, 2.05) is 0 Å². The number of imidazole rings is 1. The van der Waals surface area contributed by atoms with Gasteiger partial charge in [0.25, 0.3) is 5.82 Å². The van der Waals surface area contributed by atoms with Crippen molar-refractivity contribution in [3.63, 3.8) is 0 Å². The van der Waals surface area contributed by atoms with Crippen molar-refractivity contribution < 1.29 is 4.57 Å². The molecule has 2 nitrogen and oxygen atoms in total. The molecule has 0 unspecified atom stereocenters. The fourth-order valence-corrected chi connectivity index (χ4v) is 4.09. The highest BCUT2D eigenvalue weighted by molar-refractivity contribution is 4.84. The van der Waals surface area contributed by atoms with Crippen molar-refractivity contribution in [3.05, 3.63) is 18.2 Å². The highest BCUT2D eigenvalue weighted by Gasteiger charge is 2.13. The normalized spacial score (nSPS) is 11.4. The van der Waals surface area contributed by atoms with Crippen molar-refractivity contribution in [2.75, 3.05) is 0 Å². The molecule has 2 heteroatoms. The highest BCUT2D eigenvalue weighted by Crippen LogP contribution is 2.12. The molecule has 0 aliphatic carbocycles. The van der Waals surface area contributed by atoms with Crippen LogP contribution in [0, 0.1) is 0 Å². The Bertz CT molecular complexity index is 436.